The molecule has 1 fully saturated rings. The number of likely N-dealkylation sites (tertiary alicyclic amines) is 1. The van der Waals surface area contributed by atoms with Crippen LogP contribution in [0.25, 0.3) is 10.9 Å². The Labute approximate surface area is 261 Å². The van der Waals surface area contributed by atoms with Gasteiger partial charge in [-0.1, -0.05) is 48.5 Å². The third kappa shape index (κ3) is 7.53. The van der Waals surface area contributed by atoms with Crippen LogP contribution in [0.4, 0.5) is 0 Å². The number of phenols is 1. The first-order valence-corrected chi connectivity index (χ1v) is 15.3. The van der Waals surface area contributed by atoms with Crippen molar-refractivity contribution in [3.63, 3.8) is 0 Å². The zero-order chi connectivity index (χ0) is 31.8. The minimum absolute atomic E-state index is 0.0122. The molecule has 3 aromatic carbocycles. The summed E-state index contributed by atoms with van der Waals surface area (Å²) in [5, 5.41) is 34.5. The Kier molecular flexibility index (Phi) is 10.2. The molecule has 10 nitrogen and oxygen atoms in total. The van der Waals surface area contributed by atoms with Gasteiger partial charge in [0, 0.05) is 31.1 Å². The van der Waals surface area contributed by atoms with Gasteiger partial charge < -0.3 is 35.3 Å². The Bertz CT molecular complexity index is 1660. The number of aromatic nitrogens is 1. The van der Waals surface area contributed by atoms with Gasteiger partial charge in [-0.15, -0.1) is 0 Å². The minimum Gasteiger partial charge on any atom is -0.506 e. The predicted octanol–water partition coefficient (Wildman–Crippen LogP) is 3.90. The molecule has 4 aromatic rings. The third-order valence-corrected chi connectivity index (χ3v) is 8.60. The Morgan fingerprint density at radius 2 is 1.69 bits per heavy atom. The molecule has 0 spiro atoms. The van der Waals surface area contributed by atoms with Crippen LogP contribution >= 0.6 is 0 Å². The number of carboxylic acids is 1. The van der Waals surface area contributed by atoms with E-state index < -0.39 is 17.5 Å². The number of H-pyrrole nitrogens is 1. The van der Waals surface area contributed by atoms with Crippen LogP contribution in [0, 0.1) is 0 Å². The number of aromatic hydroxyl groups is 1. The summed E-state index contributed by atoms with van der Waals surface area (Å²) in [6.45, 7) is 2.35. The van der Waals surface area contributed by atoms with Gasteiger partial charge in [0.2, 0.25) is 11.5 Å². The highest BCUT2D eigenvalue weighted by Gasteiger charge is 2.43. The maximum absolute atomic E-state index is 13.0. The van der Waals surface area contributed by atoms with Crippen molar-refractivity contribution in [2.24, 2.45) is 0 Å². The summed E-state index contributed by atoms with van der Waals surface area (Å²) in [6, 6.07) is 22.8. The van der Waals surface area contributed by atoms with Crippen LogP contribution < -0.4 is 15.6 Å². The number of fused-ring (bicyclic) bond motifs is 1. The fourth-order valence-electron chi connectivity index (χ4n) is 5.95. The van der Waals surface area contributed by atoms with E-state index in [1.807, 2.05) is 54.6 Å². The summed E-state index contributed by atoms with van der Waals surface area (Å²) in [5.41, 5.74) is 1.32. The van der Waals surface area contributed by atoms with Crippen LogP contribution in [0.15, 0.2) is 83.7 Å². The summed E-state index contributed by atoms with van der Waals surface area (Å²) in [5.74, 6) is -0.172. The molecule has 0 unspecified atom stereocenters. The molecule has 1 saturated heterocycles. The quantitative estimate of drug-likeness (QED) is 0.142. The lowest BCUT2D eigenvalue weighted by atomic mass is 9.73. The predicted molar refractivity (Wildman–Crippen MR) is 171 cm³/mol. The van der Waals surface area contributed by atoms with Gasteiger partial charge >= 0.3 is 5.97 Å². The van der Waals surface area contributed by atoms with E-state index in [4.69, 9.17) is 4.74 Å². The highest BCUT2D eigenvalue weighted by molar-refractivity contribution is 5.87. The molecule has 0 aliphatic carbocycles. The molecule has 236 valence electrons. The molecule has 1 amide bonds. The number of nitrogens with one attached hydrogen (secondary N) is 2. The highest BCUT2D eigenvalue weighted by atomic mass is 16.5. The zero-order valence-corrected chi connectivity index (χ0v) is 25.1. The second-order valence-electron chi connectivity index (χ2n) is 11.5. The number of carboxylic acid groups (broad SMARTS) is 1. The minimum atomic E-state index is -0.957. The first kappa shape index (κ1) is 31.7. The number of hydrogen-bond acceptors (Lipinski definition) is 7. The third-order valence-electron chi connectivity index (χ3n) is 8.60. The van der Waals surface area contributed by atoms with Crippen molar-refractivity contribution < 1.29 is 29.6 Å². The maximum Gasteiger partial charge on any atom is 0.314 e. The van der Waals surface area contributed by atoms with E-state index in [-0.39, 0.29) is 23.6 Å². The van der Waals surface area contributed by atoms with Gasteiger partial charge in [-0.3, -0.25) is 14.4 Å². The smallest absolute Gasteiger partial charge is 0.314 e. The first-order chi connectivity index (χ1) is 21.8. The molecule has 1 aromatic heterocycles. The highest BCUT2D eigenvalue weighted by Crippen LogP contribution is 2.36. The average Bonchev–Trinajstić information content (AvgIpc) is 3.05. The van der Waals surface area contributed by atoms with E-state index in [0.717, 1.165) is 29.7 Å². The number of piperidine rings is 1. The van der Waals surface area contributed by atoms with Crippen molar-refractivity contribution in [3.05, 3.63) is 106 Å². The second kappa shape index (κ2) is 14.4. The number of aliphatic hydroxyl groups excluding tert-OH is 1. The topological polar surface area (TPSA) is 152 Å². The Morgan fingerprint density at radius 3 is 2.40 bits per heavy atom. The van der Waals surface area contributed by atoms with Crippen LogP contribution in [0.2, 0.25) is 0 Å². The molecular formula is C35H39N3O7. The number of aromatic amines is 1. The number of carbonyl (C=O) groups is 2. The molecule has 0 bridgehead atoms. The first-order valence-electron chi connectivity index (χ1n) is 15.3. The number of pyridine rings is 1. The number of ether oxygens (including phenoxy) is 1. The van der Waals surface area contributed by atoms with E-state index in [1.54, 1.807) is 17.0 Å². The molecule has 1 aliphatic heterocycles. The van der Waals surface area contributed by atoms with Crippen LogP contribution in [0.3, 0.4) is 0 Å². The van der Waals surface area contributed by atoms with Crippen LogP contribution in [-0.2, 0) is 21.4 Å². The number of hydrogen-bond donors (Lipinski definition) is 5. The summed E-state index contributed by atoms with van der Waals surface area (Å²) < 4.78 is 5.85. The maximum atomic E-state index is 13.0. The molecule has 45 heavy (non-hydrogen) atoms. The van der Waals surface area contributed by atoms with E-state index in [0.29, 0.717) is 62.1 Å². The number of aliphatic hydroxyl groups is 1. The van der Waals surface area contributed by atoms with Gasteiger partial charge in [-0.2, -0.15) is 0 Å². The summed E-state index contributed by atoms with van der Waals surface area (Å²) in [6.07, 6.45) is 1.87. The van der Waals surface area contributed by atoms with Crippen molar-refractivity contribution in [2.45, 2.75) is 43.6 Å². The van der Waals surface area contributed by atoms with Gasteiger partial charge in [0.25, 0.3) is 0 Å². The molecule has 0 radical (unpaired) electrons. The number of phenolic OH excluding ortho intramolecular Hbond substituents is 1. The fourth-order valence-corrected chi connectivity index (χ4v) is 5.95. The molecule has 5 N–H and O–H groups in total. The lowest BCUT2D eigenvalue weighted by Crippen LogP contribution is -2.49. The normalized spacial score (nSPS) is 15.1. The lowest BCUT2D eigenvalue weighted by molar-refractivity contribution is -0.148. The Balaban J connectivity index is 0.999. The number of unbranched alkanes of at least 4 members (excludes halogenated alkanes) is 1. The average molecular weight is 614 g/mol. The molecule has 2 heterocycles. The number of carbonyl (C=O) groups excluding carboxylic acids is 1. The Hall–Kier alpha value is -4.67. The second-order valence-corrected chi connectivity index (χ2v) is 11.5. The molecule has 10 heteroatoms. The van der Waals surface area contributed by atoms with Gasteiger partial charge in [-0.25, -0.2) is 0 Å². The lowest BCUT2D eigenvalue weighted by Gasteiger charge is -2.39. The van der Waals surface area contributed by atoms with E-state index >= 15 is 0 Å². The van der Waals surface area contributed by atoms with Crippen LogP contribution in [0.5, 0.6) is 11.5 Å². The van der Waals surface area contributed by atoms with E-state index in [2.05, 4.69) is 10.3 Å². The Morgan fingerprint density at radius 1 is 0.956 bits per heavy atom. The van der Waals surface area contributed by atoms with Crippen molar-refractivity contribution in [3.8, 4) is 11.5 Å². The summed E-state index contributed by atoms with van der Waals surface area (Å²) in [7, 11) is 0. The monoisotopic (exact) mass is 613 g/mol. The van der Waals surface area contributed by atoms with Crippen molar-refractivity contribution in [1.29, 1.82) is 0 Å². The standard InChI is InChI=1S/C35H39N3O7/c39-29-14-12-27(28-13-15-31(41)37-33(28)29)30(40)23-36-18-4-5-21-45-26-10-8-24(9-11-26)22-32(42)38-19-16-35(17-20-38,34(43)44)25-6-2-1-3-7-25/h1-3,6-15,30,36,39-40H,4-5,16-23H2,(H,37,41)(H,43,44)/t30-/m0/s1. The van der Waals surface area contributed by atoms with Crippen molar-refractivity contribution in [1.82, 2.24) is 15.2 Å². The van der Waals surface area contributed by atoms with E-state index in [9.17, 15) is 29.7 Å². The zero-order valence-electron chi connectivity index (χ0n) is 25.1. The van der Waals surface area contributed by atoms with Crippen LogP contribution in [0.1, 0.15) is 48.5 Å². The van der Waals surface area contributed by atoms with E-state index in [1.165, 1.54) is 12.1 Å². The van der Waals surface area contributed by atoms with Gasteiger partial charge in [0.05, 0.1) is 30.1 Å². The summed E-state index contributed by atoms with van der Waals surface area (Å²) >= 11 is 0. The summed E-state index contributed by atoms with van der Waals surface area (Å²) in [4.78, 5) is 41.1. The number of nitrogens with zero attached hydrogens (tertiary/aromatic N) is 1. The number of aliphatic carboxylic acids is 1. The molecule has 1 aliphatic rings. The van der Waals surface area contributed by atoms with Crippen molar-refractivity contribution in [2.75, 3.05) is 32.8 Å². The van der Waals surface area contributed by atoms with Gasteiger partial charge in [0.15, 0.2) is 0 Å². The van der Waals surface area contributed by atoms with Crippen LogP contribution in [-0.4, -0.2) is 69.9 Å². The largest absolute Gasteiger partial charge is 0.506 e. The van der Waals surface area contributed by atoms with Crippen molar-refractivity contribution >= 4 is 22.8 Å². The van der Waals surface area contributed by atoms with Gasteiger partial charge in [0.1, 0.15) is 11.5 Å². The number of rotatable bonds is 13. The fraction of sp³-hybridized carbons (Fsp3) is 0.343. The van der Waals surface area contributed by atoms with Gasteiger partial charge in [-0.05, 0) is 73.2 Å². The molecule has 0 saturated carbocycles. The molecule has 5 rings (SSSR count). The number of amides is 1. The molecule has 1 atom stereocenters. The SMILES string of the molecule is O=C(Cc1ccc(OCCCCNC[C@H](O)c2ccc(O)c3[nH]c(=O)ccc23)cc1)N1CCC(C(=O)O)(c2ccccc2)CC1. The molecular weight excluding hydrogens is 574 g/mol. The number of benzene rings is 3.